The Hall–Kier alpha value is -4.50. The van der Waals surface area contributed by atoms with Crippen molar-refractivity contribution in [2.24, 2.45) is 11.1 Å². The molecule has 0 radical (unpaired) electrons. The summed E-state index contributed by atoms with van der Waals surface area (Å²) in [6.07, 6.45) is 6.02. The number of β-lactam (4-membered cyclic amide) rings is 1. The van der Waals surface area contributed by atoms with Gasteiger partial charge in [0, 0.05) is 24.3 Å². The lowest BCUT2D eigenvalue weighted by atomic mass is 9.74. The van der Waals surface area contributed by atoms with Gasteiger partial charge in [-0.2, -0.15) is 18.0 Å². The van der Waals surface area contributed by atoms with E-state index >= 15 is 0 Å². The zero-order valence-corrected chi connectivity index (χ0v) is 28.5. The fraction of sp³-hybridized carbons (Fsp3) is 0.464. The van der Waals surface area contributed by atoms with Crippen LogP contribution in [0.1, 0.15) is 32.4 Å². The van der Waals surface area contributed by atoms with Crippen LogP contribution in [0.4, 0.5) is 5.13 Å². The van der Waals surface area contributed by atoms with Gasteiger partial charge in [0.05, 0.1) is 51.9 Å². The lowest BCUT2D eigenvalue weighted by Gasteiger charge is -2.50. The number of hydroxylamine groups is 2. The maximum Gasteiger partial charge on any atom is 0.418 e. The molecule has 1 fully saturated rings. The SMILES string of the molecule is CC1(C)[C@H](CC(=O)/C(=N\OC(COc2ccc(-n3cc[n+](CCC[N+](C)(C)C)c3)nc2)C(=O)O)c2csc(N)n2)C(=O)N1OS(=O)(=O)O. The Morgan fingerprint density at radius 3 is 2.56 bits per heavy atom. The van der Waals surface area contributed by atoms with Crippen molar-refractivity contribution in [3.8, 4) is 11.6 Å². The van der Waals surface area contributed by atoms with Gasteiger partial charge in [-0.15, -0.1) is 15.6 Å². The molecule has 48 heavy (non-hydrogen) atoms. The molecule has 1 unspecified atom stereocenters. The number of aromatic nitrogens is 4. The highest BCUT2D eigenvalue weighted by Crippen LogP contribution is 2.40. The Kier molecular flexibility index (Phi) is 10.8. The van der Waals surface area contributed by atoms with Crippen LogP contribution in [0.5, 0.6) is 5.75 Å². The quantitative estimate of drug-likeness (QED) is 0.0433. The Labute approximate surface area is 280 Å². The number of anilines is 1. The average Bonchev–Trinajstić information content (AvgIpc) is 3.64. The summed E-state index contributed by atoms with van der Waals surface area (Å²) in [5.74, 6) is -3.30. The zero-order chi connectivity index (χ0) is 35.4. The minimum absolute atomic E-state index is 0.0253. The van der Waals surface area contributed by atoms with Gasteiger partial charge in [0.25, 0.3) is 12.0 Å². The molecule has 260 valence electrons. The molecule has 0 bridgehead atoms. The molecule has 4 rings (SSSR count). The number of rotatable bonds is 17. The first-order valence-corrected chi connectivity index (χ1v) is 16.8. The molecule has 0 spiro atoms. The molecule has 1 saturated heterocycles. The Balaban J connectivity index is 1.40. The normalized spacial score (nSPS) is 17.1. The summed E-state index contributed by atoms with van der Waals surface area (Å²) in [5, 5.41) is 15.4. The number of ketones is 1. The van der Waals surface area contributed by atoms with Gasteiger partial charge in [-0.25, -0.2) is 19.3 Å². The van der Waals surface area contributed by atoms with Crippen molar-refractivity contribution in [3.63, 3.8) is 0 Å². The second-order valence-electron chi connectivity index (χ2n) is 12.5. The van der Waals surface area contributed by atoms with Crippen LogP contribution in [-0.4, -0.2) is 111 Å². The number of quaternary nitrogens is 1. The second kappa shape index (κ2) is 14.3. The third-order valence-corrected chi connectivity index (χ3v) is 8.34. The number of oxime groups is 1. The number of nitrogens with two attached hydrogens (primary N) is 1. The lowest BCUT2D eigenvalue weighted by Crippen LogP contribution is -2.68. The molecule has 4 N–H and O–H groups in total. The maximum absolute atomic E-state index is 13.3. The van der Waals surface area contributed by atoms with E-state index in [1.54, 1.807) is 12.1 Å². The third-order valence-electron chi connectivity index (χ3n) is 7.33. The zero-order valence-electron chi connectivity index (χ0n) is 26.9. The number of imidazole rings is 1. The highest BCUT2D eigenvalue weighted by Gasteiger charge is 2.57. The summed E-state index contributed by atoms with van der Waals surface area (Å²) in [6, 6.07) is 3.32. The van der Waals surface area contributed by atoms with Crippen molar-refractivity contribution in [1.82, 2.24) is 19.6 Å². The number of Topliss-reactive ketones (excluding diaryl/α,β-unsaturated/α-hetero) is 1. The van der Waals surface area contributed by atoms with Gasteiger partial charge in [0.1, 0.15) is 30.4 Å². The Morgan fingerprint density at radius 2 is 2.00 bits per heavy atom. The molecule has 0 aliphatic carbocycles. The molecule has 1 aliphatic heterocycles. The summed E-state index contributed by atoms with van der Waals surface area (Å²) in [7, 11) is 1.44. The fourth-order valence-corrected chi connectivity index (χ4v) is 5.72. The fourth-order valence-electron chi connectivity index (χ4n) is 4.72. The summed E-state index contributed by atoms with van der Waals surface area (Å²) < 4.78 is 45.9. The van der Waals surface area contributed by atoms with E-state index in [0.717, 1.165) is 35.3 Å². The molecule has 0 saturated carbocycles. The second-order valence-corrected chi connectivity index (χ2v) is 14.4. The van der Waals surface area contributed by atoms with E-state index in [-0.39, 0.29) is 16.6 Å². The van der Waals surface area contributed by atoms with Crippen molar-refractivity contribution in [1.29, 1.82) is 0 Å². The largest absolute Gasteiger partial charge is 0.487 e. The minimum atomic E-state index is -4.99. The predicted octanol–water partition coefficient (Wildman–Crippen LogP) is 0.478. The van der Waals surface area contributed by atoms with Gasteiger partial charge in [0.2, 0.25) is 12.1 Å². The number of pyridine rings is 1. The molecular weight excluding hydrogens is 672 g/mol. The van der Waals surface area contributed by atoms with Gasteiger partial charge in [-0.1, -0.05) is 5.16 Å². The number of carbonyl (C=O) groups excluding carboxylic acids is 2. The number of nitrogens with zero attached hydrogens (tertiary/aromatic N) is 7. The molecule has 1 amide bonds. The molecule has 2 atom stereocenters. The van der Waals surface area contributed by atoms with Gasteiger partial charge in [0.15, 0.2) is 16.6 Å². The number of thiazole rings is 1. The monoisotopic (exact) mass is 710 g/mol. The van der Waals surface area contributed by atoms with Crippen LogP contribution in [0.15, 0.2) is 47.6 Å². The highest BCUT2D eigenvalue weighted by molar-refractivity contribution is 7.80. The number of aliphatic carboxylic acids is 1. The van der Waals surface area contributed by atoms with E-state index in [4.69, 9.17) is 19.9 Å². The number of carboxylic acids is 1. The molecule has 0 aromatic carbocycles. The van der Waals surface area contributed by atoms with Gasteiger partial charge >= 0.3 is 16.4 Å². The number of aryl methyl sites for hydroxylation is 1. The first kappa shape index (κ1) is 36.3. The minimum Gasteiger partial charge on any atom is -0.487 e. The summed E-state index contributed by atoms with van der Waals surface area (Å²) in [6.45, 7) is 4.23. The number of carbonyl (C=O) groups is 3. The molecule has 3 aromatic rings. The van der Waals surface area contributed by atoms with Crippen LogP contribution in [0.2, 0.25) is 0 Å². The molecule has 18 nitrogen and oxygen atoms in total. The van der Waals surface area contributed by atoms with Crippen LogP contribution in [-0.2, 0) is 40.4 Å². The highest BCUT2D eigenvalue weighted by atomic mass is 32.3. The van der Waals surface area contributed by atoms with Crippen molar-refractivity contribution in [2.45, 2.75) is 44.9 Å². The van der Waals surface area contributed by atoms with Crippen molar-refractivity contribution in [3.05, 3.63) is 48.1 Å². The van der Waals surface area contributed by atoms with E-state index in [9.17, 15) is 27.9 Å². The summed E-state index contributed by atoms with van der Waals surface area (Å²) in [5.41, 5.74) is 3.96. The Morgan fingerprint density at radius 1 is 1.27 bits per heavy atom. The van der Waals surface area contributed by atoms with Crippen molar-refractivity contribution >= 4 is 50.2 Å². The van der Waals surface area contributed by atoms with Gasteiger partial charge in [-0.3, -0.25) is 14.1 Å². The lowest BCUT2D eigenvalue weighted by molar-refractivity contribution is -0.873. The van der Waals surface area contributed by atoms with E-state index < -0.39 is 64.4 Å². The summed E-state index contributed by atoms with van der Waals surface area (Å²) >= 11 is 0.986. The maximum atomic E-state index is 13.3. The standard InChI is InChI=1S/C28H36N8O10S2/c1-28(2)19(25(38)35(28)46-48(41,42)43)13-21(37)24(20-16-47-27(29)31-20)32-45-22(26(39)40)15-44-18-7-8-23(30-14-18)34-11-10-33(17-34)9-6-12-36(3,4)5/h7-8,10-11,14,16-17,19,22H,6,9,12-13,15H2,1-5H3,(H2-2,29,31,39,40,41,42,43)/p+2/b32-24-/t19-,22?/m1/s1. The molecular formula is C28H38N8O10S2+2. The first-order valence-electron chi connectivity index (χ1n) is 14.5. The van der Waals surface area contributed by atoms with Crippen LogP contribution in [0, 0.1) is 5.92 Å². The Bertz CT molecular complexity index is 1780. The predicted molar refractivity (Wildman–Crippen MR) is 169 cm³/mol. The number of amides is 1. The van der Waals surface area contributed by atoms with E-state index in [0.29, 0.717) is 10.9 Å². The van der Waals surface area contributed by atoms with Gasteiger partial charge in [-0.05, 0) is 19.9 Å². The van der Waals surface area contributed by atoms with E-state index in [1.807, 2.05) is 23.3 Å². The number of hydrogen-bond donors (Lipinski definition) is 3. The molecule has 20 heteroatoms. The average molecular weight is 711 g/mol. The molecule has 3 aromatic heterocycles. The topological polar surface area (TPSA) is 230 Å². The van der Waals surface area contributed by atoms with Crippen LogP contribution < -0.4 is 15.0 Å². The molecule has 4 heterocycles. The summed E-state index contributed by atoms with van der Waals surface area (Å²) in [4.78, 5) is 51.5. The van der Waals surface area contributed by atoms with E-state index in [1.165, 1.54) is 25.4 Å². The number of nitrogen functional groups attached to an aromatic ring is 1. The van der Waals surface area contributed by atoms with Gasteiger partial charge < -0.3 is 24.9 Å². The smallest absolute Gasteiger partial charge is 0.418 e. The van der Waals surface area contributed by atoms with Crippen LogP contribution in [0.3, 0.4) is 0 Å². The van der Waals surface area contributed by atoms with E-state index in [2.05, 4.69) is 45.1 Å². The number of ether oxygens (including phenoxy) is 1. The number of hydrogen-bond acceptors (Lipinski definition) is 13. The van der Waals surface area contributed by atoms with Crippen LogP contribution in [0.25, 0.3) is 5.82 Å². The first-order chi connectivity index (χ1) is 22.3. The molecule has 1 aliphatic rings. The van der Waals surface area contributed by atoms with Crippen molar-refractivity contribution in [2.75, 3.05) is 40.0 Å². The van der Waals surface area contributed by atoms with Crippen LogP contribution >= 0.6 is 11.3 Å². The van der Waals surface area contributed by atoms with Crippen molar-refractivity contribution < 1.29 is 55.4 Å². The number of carboxylic acid groups (broad SMARTS) is 1. The third kappa shape index (κ3) is 9.31.